The topological polar surface area (TPSA) is 67.9 Å². The van der Waals surface area contributed by atoms with Crippen molar-refractivity contribution >= 4 is 17.6 Å². The molecule has 6 nitrogen and oxygen atoms in total. The van der Waals surface area contributed by atoms with Gasteiger partial charge in [0.1, 0.15) is 5.75 Å². The third-order valence-electron chi connectivity index (χ3n) is 6.46. The van der Waals surface area contributed by atoms with Crippen LogP contribution in [-0.2, 0) is 26.9 Å². The summed E-state index contributed by atoms with van der Waals surface area (Å²) in [5.74, 6) is -1.41. The second-order valence-corrected chi connectivity index (χ2v) is 8.62. The highest BCUT2D eigenvalue weighted by Crippen LogP contribution is 2.44. The molecule has 0 aliphatic carbocycles. The standard InChI is InChI=1S/C25H27F3N2O4/c1-15(31)34-23-19(16-8-10-18(33-2)11-9-16)13-20-21(25(26,27)28)6-3-7-22(20)30(24(23)32)17-5-4-12-29-14-17/h3,6-11,17,19,23,29H,4-5,12-14H2,1-2H3/t17-,19?,23?/m1/s1. The zero-order valence-corrected chi connectivity index (χ0v) is 19.0. The van der Waals surface area contributed by atoms with Crippen LogP contribution in [0.15, 0.2) is 42.5 Å². The molecule has 0 spiro atoms. The number of methoxy groups -OCH3 is 1. The lowest BCUT2D eigenvalue weighted by Crippen LogP contribution is -2.53. The van der Waals surface area contributed by atoms with Crippen molar-refractivity contribution in [2.24, 2.45) is 0 Å². The molecule has 182 valence electrons. The van der Waals surface area contributed by atoms with Crippen LogP contribution in [0, 0.1) is 0 Å². The molecule has 2 unspecified atom stereocenters. The fourth-order valence-corrected chi connectivity index (χ4v) is 4.92. The van der Waals surface area contributed by atoms with Crippen molar-refractivity contribution < 1.29 is 32.2 Å². The second kappa shape index (κ2) is 9.66. The molecule has 2 aliphatic rings. The van der Waals surface area contributed by atoms with E-state index in [1.54, 1.807) is 30.3 Å². The van der Waals surface area contributed by atoms with Crippen molar-refractivity contribution in [3.63, 3.8) is 0 Å². The van der Waals surface area contributed by atoms with E-state index in [2.05, 4.69) is 5.32 Å². The molecule has 2 aromatic carbocycles. The molecular weight excluding hydrogens is 449 g/mol. The number of carbonyl (C=O) groups is 2. The number of fused-ring (bicyclic) bond motifs is 1. The van der Waals surface area contributed by atoms with E-state index >= 15 is 0 Å². The summed E-state index contributed by atoms with van der Waals surface area (Å²) in [6.07, 6.45) is -4.56. The van der Waals surface area contributed by atoms with Crippen molar-refractivity contribution in [1.82, 2.24) is 5.32 Å². The zero-order chi connectivity index (χ0) is 24.5. The Morgan fingerprint density at radius 2 is 1.88 bits per heavy atom. The Bertz CT molecular complexity index is 1050. The van der Waals surface area contributed by atoms with Crippen LogP contribution in [0.1, 0.15) is 42.4 Å². The Morgan fingerprint density at radius 1 is 1.15 bits per heavy atom. The number of rotatable bonds is 4. The molecule has 2 aromatic rings. The highest BCUT2D eigenvalue weighted by Gasteiger charge is 2.45. The smallest absolute Gasteiger partial charge is 0.416 e. The molecule has 0 radical (unpaired) electrons. The van der Waals surface area contributed by atoms with E-state index in [1.165, 1.54) is 25.0 Å². The van der Waals surface area contributed by atoms with E-state index in [9.17, 15) is 22.8 Å². The summed E-state index contributed by atoms with van der Waals surface area (Å²) in [6.45, 7) is 2.42. The van der Waals surface area contributed by atoms with Crippen LogP contribution >= 0.6 is 0 Å². The van der Waals surface area contributed by atoms with Crippen molar-refractivity contribution in [1.29, 1.82) is 0 Å². The van der Waals surface area contributed by atoms with Gasteiger partial charge in [-0.15, -0.1) is 0 Å². The maximum atomic E-state index is 14.1. The van der Waals surface area contributed by atoms with Gasteiger partial charge in [0.15, 0.2) is 6.10 Å². The number of hydrogen-bond acceptors (Lipinski definition) is 5. The molecule has 0 bridgehead atoms. The Morgan fingerprint density at radius 3 is 2.47 bits per heavy atom. The number of nitrogens with zero attached hydrogens (tertiary/aromatic N) is 1. The van der Waals surface area contributed by atoms with Crippen LogP contribution < -0.4 is 15.0 Å². The predicted octanol–water partition coefficient (Wildman–Crippen LogP) is 4.07. The molecular formula is C25H27F3N2O4. The van der Waals surface area contributed by atoms with Gasteiger partial charge in [-0.2, -0.15) is 13.2 Å². The minimum atomic E-state index is -4.60. The van der Waals surface area contributed by atoms with Gasteiger partial charge in [-0.05, 0) is 61.2 Å². The van der Waals surface area contributed by atoms with Gasteiger partial charge in [0.05, 0.1) is 12.7 Å². The molecule has 34 heavy (non-hydrogen) atoms. The number of alkyl halides is 3. The number of amides is 1. The molecule has 4 rings (SSSR count). The first kappa shape index (κ1) is 24.1. The number of anilines is 1. The van der Waals surface area contributed by atoms with E-state index in [-0.39, 0.29) is 23.7 Å². The first-order valence-corrected chi connectivity index (χ1v) is 11.2. The van der Waals surface area contributed by atoms with Gasteiger partial charge >= 0.3 is 12.1 Å². The summed E-state index contributed by atoms with van der Waals surface area (Å²) in [5.41, 5.74) is 0.0617. The average molecular weight is 476 g/mol. The van der Waals surface area contributed by atoms with Gasteiger partial charge in [0.25, 0.3) is 5.91 Å². The van der Waals surface area contributed by atoms with Crippen LogP contribution in [0.4, 0.5) is 18.9 Å². The Balaban J connectivity index is 1.91. The third-order valence-corrected chi connectivity index (χ3v) is 6.46. The highest BCUT2D eigenvalue weighted by molar-refractivity contribution is 6.00. The number of esters is 1. The molecule has 9 heteroatoms. The second-order valence-electron chi connectivity index (χ2n) is 8.62. The largest absolute Gasteiger partial charge is 0.497 e. The minimum absolute atomic E-state index is 0.0318. The Kier molecular flexibility index (Phi) is 6.84. The van der Waals surface area contributed by atoms with Crippen molar-refractivity contribution in [2.45, 2.75) is 50.4 Å². The van der Waals surface area contributed by atoms with E-state index < -0.39 is 35.6 Å². The summed E-state index contributed by atoms with van der Waals surface area (Å²) in [6, 6.07) is 10.3. The SMILES string of the molecule is COc1ccc(C2Cc3c(cccc3C(F)(F)F)N([C@@H]3CCCNC3)C(=O)C2OC(C)=O)cc1. The zero-order valence-electron chi connectivity index (χ0n) is 19.0. The Labute approximate surface area is 196 Å². The van der Waals surface area contributed by atoms with Gasteiger partial charge in [0, 0.05) is 31.1 Å². The molecule has 1 amide bonds. The summed E-state index contributed by atoms with van der Waals surface area (Å²) in [7, 11) is 1.51. The summed E-state index contributed by atoms with van der Waals surface area (Å²) >= 11 is 0. The molecule has 2 aliphatic heterocycles. The molecule has 0 aromatic heterocycles. The van der Waals surface area contributed by atoms with Crippen molar-refractivity contribution in [3.8, 4) is 5.75 Å². The minimum Gasteiger partial charge on any atom is -0.497 e. The molecule has 0 saturated carbocycles. The van der Waals surface area contributed by atoms with Crippen LogP contribution in [-0.4, -0.2) is 44.2 Å². The van der Waals surface area contributed by atoms with Gasteiger partial charge < -0.3 is 19.7 Å². The molecule has 1 saturated heterocycles. The van der Waals surface area contributed by atoms with Gasteiger partial charge in [-0.1, -0.05) is 18.2 Å². The maximum Gasteiger partial charge on any atom is 0.416 e. The van der Waals surface area contributed by atoms with Crippen LogP contribution in [0.3, 0.4) is 0 Å². The van der Waals surface area contributed by atoms with E-state index in [0.717, 1.165) is 19.0 Å². The lowest BCUT2D eigenvalue weighted by molar-refractivity contribution is -0.154. The quantitative estimate of drug-likeness (QED) is 0.674. The number of piperidine rings is 1. The number of hydrogen-bond donors (Lipinski definition) is 1. The molecule has 3 atom stereocenters. The molecule has 1 fully saturated rings. The lowest BCUT2D eigenvalue weighted by atomic mass is 9.86. The van der Waals surface area contributed by atoms with E-state index in [4.69, 9.17) is 9.47 Å². The Hall–Kier alpha value is -3.07. The lowest BCUT2D eigenvalue weighted by Gasteiger charge is -2.36. The summed E-state index contributed by atoms with van der Waals surface area (Å²) < 4.78 is 53.0. The first-order chi connectivity index (χ1) is 16.2. The molecule has 2 heterocycles. The number of ether oxygens (including phenoxy) is 2. The van der Waals surface area contributed by atoms with E-state index in [1.807, 2.05) is 0 Å². The fourth-order valence-electron chi connectivity index (χ4n) is 4.92. The van der Waals surface area contributed by atoms with Crippen LogP contribution in [0.25, 0.3) is 0 Å². The molecule has 1 N–H and O–H groups in total. The van der Waals surface area contributed by atoms with Crippen molar-refractivity contribution in [3.05, 3.63) is 59.2 Å². The number of carbonyl (C=O) groups excluding carboxylic acids is 2. The number of halogens is 3. The normalized spacial score (nSPS) is 23.1. The monoisotopic (exact) mass is 476 g/mol. The maximum absolute atomic E-state index is 14.1. The van der Waals surface area contributed by atoms with E-state index in [0.29, 0.717) is 24.3 Å². The van der Waals surface area contributed by atoms with Crippen LogP contribution in [0.2, 0.25) is 0 Å². The third kappa shape index (κ3) is 4.75. The number of nitrogens with one attached hydrogen (secondary N) is 1. The average Bonchev–Trinajstić information content (AvgIpc) is 2.93. The predicted molar refractivity (Wildman–Crippen MR) is 120 cm³/mol. The van der Waals surface area contributed by atoms with Gasteiger partial charge in [-0.25, -0.2) is 0 Å². The summed E-state index contributed by atoms with van der Waals surface area (Å²) in [5, 5.41) is 3.22. The van der Waals surface area contributed by atoms with Crippen LogP contribution in [0.5, 0.6) is 5.75 Å². The highest BCUT2D eigenvalue weighted by atomic mass is 19.4. The van der Waals surface area contributed by atoms with Crippen molar-refractivity contribution in [2.75, 3.05) is 25.1 Å². The number of benzene rings is 2. The van der Waals surface area contributed by atoms with Gasteiger partial charge in [0.2, 0.25) is 0 Å². The fraction of sp³-hybridized carbons (Fsp3) is 0.440. The first-order valence-electron chi connectivity index (χ1n) is 11.2. The summed E-state index contributed by atoms with van der Waals surface area (Å²) in [4.78, 5) is 27.4. The van der Waals surface area contributed by atoms with Gasteiger partial charge in [-0.3, -0.25) is 9.59 Å².